The Hall–Kier alpha value is -2.20. The van der Waals surface area contributed by atoms with Gasteiger partial charge in [0.1, 0.15) is 11.5 Å². The molecule has 116 valence electrons. The molecule has 0 amide bonds. The number of carboxylic acids is 1. The van der Waals surface area contributed by atoms with E-state index in [4.69, 9.17) is 16.7 Å². The standard InChI is InChI=1S/C17H17ClO4/c1-17(9-8-16(21)22,11-2-5-13(19)6-3-11)14-7-4-12(18)10-15(14)20/h2-7,10,19-20H,8-9H2,1H3,(H,21,22). The SMILES string of the molecule is CC(CCC(=O)O)(c1ccc(O)cc1)c1ccc(Cl)cc1O. The molecule has 0 aliphatic carbocycles. The predicted molar refractivity (Wildman–Crippen MR) is 84.5 cm³/mol. The van der Waals surface area contributed by atoms with E-state index in [1.165, 1.54) is 6.07 Å². The fourth-order valence-electron chi connectivity index (χ4n) is 2.59. The van der Waals surface area contributed by atoms with Crippen molar-refractivity contribution in [3.63, 3.8) is 0 Å². The summed E-state index contributed by atoms with van der Waals surface area (Å²) in [5.74, 6) is -0.753. The minimum absolute atomic E-state index is 0.0217. The van der Waals surface area contributed by atoms with Gasteiger partial charge in [0.2, 0.25) is 0 Å². The molecule has 2 aromatic rings. The molecule has 0 radical (unpaired) electrons. The molecule has 4 nitrogen and oxygen atoms in total. The first-order chi connectivity index (χ1) is 10.3. The van der Waals surface area contributed by atoms with Crippen molar-refractivity contribution in [1.29, 1.82) is 0 Å². The summed E-state index contributed by atoms with van der Waals surface area (Å²) in [6.45, 7) is 1.87. The third-order valence-corrected chi connectivity index (χ3v) is 4.13. The number of benzene rings is 2. The Labute approximate surface area is 133 Å². The lowest BCUT2D eigenvalue weighted by atomic mass is 9.72. The third kappa shape index (κ3) is 3.34. The lowest BCUT2D eigenvalue weighted by Crippen LogP contribution is -2.25. The topological polar surface area (TPSA) is 77.8 Å². The second-order valence-electron chi connectivity index (χ2n) is 5.43. The summed E-state index contributed by atoms with van der Waals surface area (Å²) in [4.78, 5) is 11.0. The summed E-state index contributed by atoms with van der Waals surface area (Å²) in [6.07, 6.45) is 0.266. The molecule has 0 aliphatic heterocycles. The lowest BCUT2D eigenvalue weighted by molar-refractivity contribution is -0.137. The highest BCUT2D eigenvalue weighted by Gasteiger charge is 2.32. The molecule has 5 heteroatoms. The molecule has 0 heterocycles. The van der Waals surface area contributed by atoms with E-state index in [1.54, 1.807) is 36.4 Å². The molecule has 22 heavy (non-hydrogen) atoms. The van der Waals surface area contributed by atoms with Gasteiger partial charge < -0.3 is 15.3 Å². The molecule has 2 rings (SSSR count). The van der Waals surface area contributed by atoms with Crippen molar-refractivity contribution < 1.29 is 20.1 Å². The van der Waals surface area contributed by atoms with Crippen LogP contribution in [0.5, 0.6) is 11.5 Å². The number of carbonyl (C=O) groups is 1. The summed E-state index contributed by atoms with van der Waals surface area (Å²) >= 11 is 5.87. The highest BCUT2D eigenvalue weighted by molar-refractivity contribution is 6.30. The number of phenolic OH excluding ortho intramolecular Hbond substituents is 2. The van der Waals surface area contributed by atoms with Gasteiger partial charge in [0, 0.05) is 22.4 Å². The first-order valence-electron chi connectivity index (χ1n) is 6.83. The van der Waals surface area contributed by atoms with E-state index >= 15 is 0 Å². The van der Waals surface area contributed by atoms with Crippen LogP contribution in [0.15, 0.2) is 42.5 Å². The number of rotatable bonds is 5. The number of aromatic hydroxyl groups is 2. The molecular formula is C17H17ClO4. The summed E-state index contributed by atoms with van der Waals surface area (Å²) in [5, 5.41) is 29.1. The minimum Gasteiger partial charge on any atom is -0.508 e. The molecule has 1 unspecified atom stereocenters. The van der Waals surface area contributed by atoms with E-state index in [-0.39, 0.29) is 17.9 Å². The largest absolute Gasteiger partial charge is 0.508 e. The normalized spacial score (nSPS) is 13.5. The predicted octanol–water partition coefficient (Wildman–Crippen LogP) is 3.92. The Morgan fingerprint density at radius 1 is 1.14 bits per heavy atom. The fourth-order valence-corrected chi connectivity index (χ4v) is 2.76. The molecule has 3 N–H and O–H groups in total. The summed E-state index contributed by atoms with van der Waals surface area (Å²) in [5.41, 5.74) is 0.703. The molecule has 0 bridgehead atoms. The zero-order valence-corrected chi connectivity index (χ0v) is 12.8. The van der Waals surface area contributed by atoms with Crippen molar-refractivity contribution in [2.45, 2.75) is 25.2 Å². The van der Waals surface area contributed by atoms with E-state index in [1.807, 2.05) is 6.92 Å². The van der Waals surface area contributed by atoms with Crippen molar-refractivity contribution >= 4 is 17.6 Å². The second-order valence-corrected chi connectivity index (χ2v) is 5.87. The van der Waals surface area contributed by atoms with E-state index in [0.717, 1.165) is 5.56 Å². The van der Waals surface area contributed by atoms with Crippen LogP contribution >= 0.6 is 11.6 Å². The Balaban J connectivity index is 2.53. The monoisotopic (exact) mass is 320 g/mol. The molecule has 0 aromatic heterocycles. The smallest absolute Gasteiger partial charge is 0.303 e. The minimum atomic E-state index is -0.904. The van der Waals surface area contributed by atoms with Crippen molar-refractivity contribution in [3.05, 3.63) is 58.6 Å². The highest BCUT2D eigenvalue weighted by atomic mass is 35.5. The van der Waals surface area contributed by atoms with Crippen LogP contribution in [0.1, 0.15) is 30.9 Å². The molecule has 2 aromatic carbocycles. The van der Waals surface area contributed by atoms with Crippen molar-refractivity contribution in [3.8, 4) is 11.5 Å². The number of hydrogen-bond acceptors (Lipinski definition) is 3. The van der Waals surface area contributed by atoms with E-state index in [0.29, 0.717) is 17.0 Å². The quantitative estimate of drug-likeness (QED) is 0.780. The van der Waals surface area contributed by atoms with Gasteiger partial charge in [-0.3, -0.25) is 4.79 Å². The number of halogens is 1. The van der Waals surface area contributed by atoms with Crippen LogP contribution in [0.4, 0.5) is 0 Å². The van der Waals surface area contributed by atoms with Gasteiger partial charge in [-0.25, -0.2) is 0 Å². The maximum absolute atomic E-state index is 11.0. The summed E-state index contributed by atoms with van der Waals surface area (Å²) in [7, 11) is 0. The highest BCUT2D eigenvalue weighted by Crippen LogP contribution is 2.42. The van der Waals surface area contributed by atoms with Gasteiger partial charge in [-0.15, -0.1) is 0 Å². The molecule has 0 saturated heterocycles. The van der Waals surface area contributed by atoms with Crippen molar-refractivity contribution in [2.75, 3.05) is 0 Å². The van der Waals surface area contributed by atoms with Crippen LogP contribution in [0, 0.1) is 0 Å². The van der Waals surface area contributed by atoms with Gasteiger partial charge in [0.05, 0.1) is 0 Å². The van der Waals surface area contributed by atoms with Crippen LogP contribution in [-0.2, 0) is 10.2 Å². The Morgan fingerprint density at radius 3 is 2.32 bits per heavy atom. The van der Waals surface area contributed by atoms with Gasteiger partial charge in [-0.1, -0.05) is 36.7 Å². The van der Waals surface area contributed by atoms with Crippen molar-refractivity contribution in [1.82, 2.24) is 0 Å². The number of carboxylic acid groups (broad SMARTS) is 1. The number of aliphatic carboxylic acids is 1. The Morgan fingerprint density at radius 2 is 1.77 bits per heavy atom. The van der Waals surface area contributed by atoms with Crippen LogP contribution in [0.2, 0.25) is 5.02 Å². The maximum Gasteiger partial charge on any atom is 0.303 e. The van der Waals surface area contributed by atoms with Crippen molar-refractivity contribution in [2.24, 2.45) is 0 Å². The molecular weight excluding hydrogens is 304 g/mol. The average molecular weight is 321 g/mol. The molecule has 1 atom stereocenters. The Kier molecular flexibility index (Phi) is 4.62. The van der Waals surface area contributed by atoms with Gasteiger partial charge >= 0.3 is 5.97 Å². The zero-order valence-electron chi connectivity index (χ0n) is 12.1. The van der Waals surface area contributed by atoms with E-state index in [9.17, 15) is 15.0 Å². The van der Waals surface area contributed by atoms with Crippen LogP contribution < -0.4 is 0 Å². The third-order valence-electron chi connectivity index (χ3n) is 3.90. The molecule has 0 aliphatic rings. The Bertz CT molecular complexity index is 682. The first-order valence-corrected chi connectivity index (χ1v) is 7.21. The van der Waals surface area contributed by atoms with Gasteiger partial charge in [-0.05, 0) is 36.2 Å². The van der Waals surface area contributed by atoms with Crippen LogP contribution in [-0.4, -0.2) is 21.3 Å². The molecule has 0 fully saturated rings. The molecule has 0 spiro atoms. The van der Waals surface area contributed by atoms with E-state index in [2.05, 4.69) is 0 Å². The van der Waals surface area contributed by atoms with Crippen LogP contribution in [0.25, 0.3) is 0 Å². The summed E-state index contributed by atoms with van der Waals surface area (Å²) < 4.78 is 0. The van der Waals surface area contributed by atoms with Crippen LogP contribution in [0.3, 0.4) is 0 Å². The van der Waals surface area contributed by atoms with Gasteiger partial charge in [-0.2, -0.15) is 0 Å². The number of phenols is 2. The summed E-state index contributed by atoms with van der Waals surface area (Å²) in [6, 6.07) is 11.3. The van der Waals surface area contributed by atoms with E-state index < -0.39 is 11.4 Å². The first kappa shape index (κ1) is 16.2. The number of hydrogen-bond donors (Lipinski definition) is 3. The lowest BCUT2D eigenvalue weighted by Gasteiger charge is -2.31. The van der Waals surface area contributed by atoms with Gasteiger partial charge in [0.15, 0.2) is 0 Å². The average Bonchev–Trinajstić information content (AvgIpc) is 2.45. The van der Waals surface area contributed by atoms with Gasteiger partial charge in [0.25, 0.3) is 0 Å². The maximum atomic E-state index is 11.0. The molecule has 0 saturated carbocycles. The zero-order chi connectivity index (χ0) is 16.3. The second kappa shape index (κ2) is 6.28. The fraction of sp³-hybridized carbons (Fsp3) is 0.235.